The topological polar surface area (TPSA) is 130 Å². The lowest BCUT2D eigenvalue weighted by Gasteiger charge is -2.45. The number of nitro benzene ring substituents is 1. The van der Waals surface area contributed by atoms with Gasteiger partial charge in [-0.05, 0) is 44.9 Å². The van der Waals surface area contributed by atoms with Gasteiger partial charge in [-0.2, -0.15) is 4.99 Å². The van der Waals surface area contributed by atoms with Gasteiger partial charge in [-0.15, -0.1) is 0 Å². The summed E-state index contributed by atoms with van der Waals surface area (Å²) in [5.41, 5.74) is 12.9. The van der Waals surface area contributed by atoms with Crippen LogP contribution in [0, 0.1) is 10.1 Å². The molecule has 2 aliphatic heterocycles. The Morgan fingerprint density at radius 1 is 1.10 bits per heavy atom. The second-order valence-corrected chi connectivity index (χ2v) is 8.04. The maximum Gasteiger partial charge on any atom is 0.294 e. The summed E-state index contributed by atoms with van der Waals surface area (Å²) in [6, 6.07) is 5.31. The molecule has 0 radical (unpaired) electrons. The minimum atomic E-state index is -0.614. The predicted molar refractivity (Wildman–Crippen MR) is 114 cm³/mol. The third kappa shape index (κ3) is 3.59. The van der Waals surface area contributed by atoms with Crippen LogP contribution < -0.4 is 21.3 Å². The minimum absolute atomic E-state index is 0.0772. The van der Waals surface area contributed by atoms with E-state index in [1.54, 1.807) is 6.07 Å². The van der Waals surface area contributed by atoms with Crippen LogP contribution in [0.15, 0.2) is 28.2 Å². The van der Waals surface area contributed by atoms with Crippen LogP contribution in [0.25, 0.3) is 0 Å². The molecular formula is C19H28N8O2. The van der Waals surface area contributed by atoms with E-state index in [0.29, 0.717) is 11.4 Å². The highest BCUT2D eigenvalue weighted by Gasteiger charge is 2.43. The Kier molecular flexibility index (Phi) is 5.03. The van der Waals surface area contributed by atoms with Crippen molar-refractivity contribution in [2.45, 2.75) is 37.8 Å². The van der Waals surface area contributed by atoms with Crippen LogP contribution in [-0.4, -0.2) is 60.6 Å². The van der Waals surface area contributed by atoms with Gasteiger partial charge in [0.05, 0.1) is 10.6 Å². The van der Waals surface area contributed by atoms with Crippen LogP contribution in [0.5, 0.6) is 0 Å². The van der Waals surface area contributed by atoms with Crippen molar-refractivity contribution < 1.29 is 4.92 Å². The average Bonchev–Trinajstić information content (AvgIpc) is 2.68. The van der Waals surface area contributed by atoms with Crippen molar-refractivity contribution in [2.75, 3.05) is 43.0 Å². The number of guanidine groups is 2. The lowest BCUT2D eigenvalue weighted by atomic mass is 9.87. The van der Waals surface area contributed by atoms with Gasteiger partial charge in [0.1, 0.15) is 11.4 Å². The molecule has 29 heavy (non-hydrogen) atoms. The second kappa shape index (κ2) is 7.51. The van der Waals surface area contributed by atoms with E-state index in [2.05, 4.69) is 26.8 Å². The fourth-order valence-corrected chi connectivity index (χ4v) is 4.61. The molecule has 10 nitrogen and oxygen atoms in total. The third-order valence-corrected chi connectivity index (χ3v) is 6.11. The molecule has 2 fully saturated rings. The van der Waals surface area contributed by atoms with Gasteiger partial charge in [0.15, 0.2) is 0 Å². The number of nitrogens with two attached hydrogens (primary N) is 2. The summed E-state index contributed by atoms with van der Waals surface area (Å²) in [7, 11) is 2.06. The maximum absolute atomic E-state index is 11.9. The first-order valence-electron chi connectivity index (χ1n) is 10.1. The fourth-order valence-electron chi connectivity index (χ4n) is 4.61. The molecule has 4 rings (SSSR count). The summed E-state index contributed by atoms with van der Waals surface area (Å²) >= 11 is 0. The molecule has 0 bridgehead atoms. The largest absolute Gasteiger partial charge is 0.369 e. The van der Waals surface area contributed by atoms with E-state index in [0.717, 1.165) is 58.3 Å². The molecule has 2 heterocycles. The van der Waals surface area contributed by atoms with E-state index in [9.17, 15) is 10.1 Å². The number of anilines is 2. The quantitative estimate of drug-likeness (QED) is 0.580. The Hall–Kier alpha value is -2.88. The molecule has 3 aliphatic rings. The minimum Gasteiger partial charge on any atom is -0.369 e. The van der Waals surface area contributed by atoms with Crippen molar-refractivity contribution in [3.05, 3.63) is 28.3 Å². The summed E-state index contributed by atoms with van der Waals surface area (Å²) in [5, 5.41) is 11.9. The van der Waals surface area contributed by atoms with Gasteiger partial charge in [0, 0.05) is 32.2 Å². The van der Waals surface area contributed by atoms with Gasteiger partial charge in [-0.25, -0.2) is 4.99 Å². The Morgan fingerprint density at radius 2 is 1.79 bits per heavy atom. The first kappa shape index (κ1) is 19.4. The van der Waals surface area contributed by atoms with Crippen molar-refractivity contribution in [3.63, 3.8) is 0 Å². The summed E-state index contributed by atoms with van der Waals surface area (Å²) in [6.07, 6.45) is 4.71. The molecule has 10 heteroatoms. The number of aliphatic imine (C=N–C) groups is 2. The molecule has 1 aliphatic carbocycles. The zero-order valence-corrected chi connectivity index (χ0v) is 16.8. The summed E-state index contributed by atoms with van der Waals surface area (Å²) in [6.45, 7) is 3.27. The first-order chi connectivity index (χ1) is 13.9. The maximum atomic E-state index is 11.9. The molecule has 1 spiro atoms. The average molecular weight is 400 g/mol. The van der Waals surface area contributed by atoms with Gasteiger partial charge in [0.2, 0.25) is 11.9 Å². The molecule has 0 amide bonds. The van der Waals surface area contributed by atoms with Crippen LogP contribution in [-0.2, 0) is 0 Å². The van der Waals surface area contributed by atoms with Gasteiger partial charge in [-0.3, -0.25) is 15.0 Å². The van der Waals surface area contributed by atoms with Crippen molar-refractivity contribution >= 4 is 29.0 Å². The Bertz CT molecular complexity index is 854. The van der Waals surface area contributed by atoms with Crippen molar-refractivity contribution in [1.29, 1.82) is 0 Å². The Balaban J connectivity index is 1.73. The smallest absolute Gasteiger partial charge is 0.294 e. The molecule has 0 aromatic heterocycles. The number of hydrogen-bond acceptors (Lipinski definition) is 9. The standard InChI is InChI=1S/C19H28N8O2/c1-24-9-11-25(12-10-24)15-6-5-14(13-16(15)27(28)29)26-18(21)22-17(20)23-19(26)7-3-2-4-8-19/h5-6,13H,2-4,7-12H2,1H3,(H4,20,21,22,23). The zero-order chi connectivity index (χ0) is 20.6. The lowest BCUT2D eigenvalue weighted by Crippen LogP contribution is -2.58. The molecular weight excluding hydrogens is 372 g/mol. The van der Waals surface area contributed by atoms with E-state index in [1.165, 1.54) is 0 Å². The van der Waals surface area contributed by atoms with Gasteiger partial charge in [0.25, 0.3) is 5.69 Å². The number of nitrogens with zero attached hydrogens (tertiary/aromatic N) is 6. The molecule has 4 N–H and O–H groups in total. The predicted octanol–water partition coefficient (Wildman–Crippen LogP) is 1.46. The molecule has 0 unspecified atom stereocenters. The van der Waals surface area contributed by atoms with Crippen molar-refractivity contribution in [1.82, 2.24) is 4.90 Å². The van der Waals surface area contributed by atoms with Crippen LogP contribution in [0.4, 0.5) is 17.1 Å². The number of benzene rings is 1. The van der Waals surface area contributed by atoms with E-state index in [-0.39, 0.29) is 22.5 Å². The fraction of sp³-hybridized carbons (Fsp3) is 0.579. The third-order valence-electron chi connectivity index (χ3n) is 6.11. The van der Waals surface area contributed by atoms with Crippen LogP contribution >= 0.6 is 0 Å². The number of rotatable bonds is 3. The highest BCUT2D eigenvalue weighted by Crippen LogP contribution is 2.42. The second-order valence-electron chi connectivity index (χ2n) is 8.04. The summed E-state index contributed by atoms with van der Waals surface area (Å²) in [5.74, 6) is 0.408. The van der Waals surface area contributed by atoms with E-state index in [4.69, 9.17) is 11.5 Å². The number of likely N-dealkylation sites (N-methyl/N-ethyl adjacent to an activating group) is 1. The molecule has 1 saturated carbocycles. The van der Waals surface area contributed by atoms with Gasteiger partial charge >= 0.3 is 0 Å². The first-order valence-corrected chi connectivity index (χ1v) is 10.1. The molecule has 0 atom stereocenters. The molecule has 1 aromatic carbocycles. The van der Waals surface area contributed by atoms with E-state index >= 15 is 0 Å². The normalized spacial score (nSPS) is 22.4. The monoisotopic (exact) mass is 400 g/mol. The number of piperazine rings is 1. The number of hydrogen-bond donors (Lipinski definition) is 2. The Labute approximate surface area is 170 Å². The van der Waals surface area contributed by atoms with Crippen LogP contribution in [0.2, 0.25) is 0 Å². The molecule has 1 saturated heterocycles. The molecule has 156 valence electrons. The summed E-state index contributed by atoms with van der Waals surface area (Å²) < 4.78 is 0. The van der Waals surface area contributed by atoms with Gasteiger partial charge < -0.3 is 21.3 Å². The molecule has 1 aromatic rings. The Morgan fingerprint density at radius 3 is 2.45 bits per heavy atom. The van der Waals surface area contributed by atoms with E-state index < -0.39 is 5.66 Å². The highest BCUT2D eigenvalue weighted by molar-refractivity contribution is 6.06. The van der Waals surface area contributed by atoms with Crippen molar-refractivity contribution in [3.8, 4) is 0 Å². The van der Waals surface area contributed by atoms with Crippen LogP contribution in [0.1, 0.15) is 32.1 Å². The van der Waals surface area contributed by atoms with Crippen LogP contribution in [0.3, 0.4) is 0 Å². The zero-order valence-electron chi connectivity index (χ0n) is 16.8. The lowest BCUT2D eigenvalue weighted by molar-refractivity contribution is -0.384. The van der Waals surface area contributed by atoms with E-state index in [1.807, 2.05) is 17.0 Å². The number of nitro groups is 1. The highest BCUT2D eigenvalue weighted by atomic mass is 16.6. The summed E-state index contributed by atoms with van der Waals surface area (Å²) in [4.78, 5) is 26.5. The van der Waals surface area contributed by atoms with Gasteiger partial charge in [-0.1, -0.05) is 6.42 Å². The SMILES string of the molecule is CN1CCN(c2ccc(N3C(N)=NC(N)=NC34CCCCC4)cc2[N+](=O)[O-])CC1. The van der Waals surface area contributed by atoms with Crippen molar-refractivity contribution in [2.24, 2.45) is 21.5 Å².